The van der Waals surface area contributed by atoms with Gasteiger partial charge in [-0.25, -0.2) is 14.2 Å². The van der Waals surface area contributed by atoms with Crippen LogP contribution in [0.15, 0.2) is 77.6 Å². The van der Waals surface area contributed by atoms with Crippen molar-refractivity contribution in [3.05, 3.63) is 94.8 Å². The van der Waals surface area contributed by atoms with Crippen molar-refractivity contribution in [1.29, 1.82) is 0 Å². The number of carbonyl (C=O) groups is 1. The molecule has 7 nitrogen and oxygen atoms in total. The highest BCUT2D eigenvalue weighted by molar-refractivity contribution is 5.89. The van der Waals surface area contributed by atoms with E-state index >= 15 is 0 Å². The van der Waals surface area contributed by atoms with E-state index < -0.39 is 11.9 Å². The maximum absolute atomic E-state index is 13.9. The summed E-state index contributed by atoms with van der Waals surface area (Å²) in [6.45, 7) is 6.98. The number of ether oxygens (including phenoxy) is 1. The monoisotopic (exact) mass is 530 g/mol. The molecule has 4 aromatic rings. The van der Waals surface area contributed by atoms with Gasteiger partial charge in [-0.15, -0.1) is 0 Å². The minimum absolute atomic E-state index is 0.211. The van der Waals surface area contributed by atoms with Crippen LogP contribution < -0.4 is 15.6 Å². The molecule has 0 radical (unpaired) electrons. The molecule has 0 saturated carbocycles. The van der Waals surface area contributed by atoms with Crippen molar-refractivity contribution >= 4 is 22.6 Å². The standard InChI is InChI=1S/C31H35FN4O3/c1-4-7-10-20-35(31(38)33-23-13-11-12-22(32)21-23)28(5-2)29-34-27-15-9-8-14-26(27)30(37)36(29)24-16-18-25(19-17-24)39-6-3/h8-9,11-19,21,28H,4-7,10,20H2,1-3H3,(H,33,38). The summed E-state index contributed by atoms with van der Waals surface area (Å²) in [6.07, 6.45) is 3.23. The lowest BCUT2D eigenvalue weighted by Gasteiger charge is -2.32. The summed E-state index contributed by atoms with van der Waals surface area (Å²) in [5, 5.41) is 3.33. The van der Waals surface area contributed by atoms with Crippen LogP contribution in [-0.4, -0.2) is 33.6 Å². The van der Waals surface area contributed by atoms with Crippen LogP contribution >= 0.6 is 0 Å². The minimum atomic E-state index is -0.515. The van der Waals surface area contributed by atoms with Crippen LogP contribution in [0.3, 0.4) is 0 Å². The highest BCUT2D eigenvalue weighted by Crippen LogP contribution is 2.28. The van der Waals surface area contributed by atoms with Crippen LogP contribution in [0.25, 0.3) is 16.6 Å². The summed E-state index contributed by atoms with van der Waals surface area (Å²) in [5.74, 6) is 0.737. The summed E-state index contributed by atoms with van der Waals surface area (Å²) in [6, 6.07) is 19.5. The van der Waals surface area contributed by atoms with E-state index in [0.717, 1.165) is 19.3 Å². The number of nitrogens with one attached hydrogen (secondary N) is 1. The van der Waals surface area contributed by atoms with Crippen LogP contribution in [0.4, 0.5) is 14.9 Å². The van der Waals surface area contributed by atoms with E-state index in [1.807, 2.05) is 56.3 Å². The lowest BCUT2D eigenvalue weighted by Crippen LogP contribution is -2.41. The largest absolute Gasteiger partial charge is 0.494 e. The van der Waals surface area contributed by atoms with E-state index in [9.17, 15) is 14.0 Å². The molecule has 0 bridgehead atoms. The van der Waals surface area contributed by atoms with Gasteiger partial charge in [-0.3, -0.25) is 9.36 Å². The first-order chi connectivity index (χ1) is 19.0. The number of hydrogen-bond donors (Lipinski definition) is 1. The van der Waals surface area contributed by atoms with E-state index in [2.05, 4.69) is 12.2 Å². The van der Waals surface area contributed by atoms with Crippen molar-refractivity contribution in [2.24, 2.45) is 0 Å². The minimum Gasteiger partial charge on any atom is -0.494 e. The molecule has 0 aliphatic rings. The summed E-state index contributed by atoms with van der Waals surface area (Å²) in [7, 11) is 0. The van der Waals surface area contributed by atoms with Crippen molar-refractivity contribution in [3.8, 4) is 11.4 Å². The summed E-state index contributed by atoms with van der Waals surface area (Å²) < 4.78 is 21.0. The number of halogens is 1. The van der Waals surface area contributed by atoms with Crippen molar-refractivity contribution in [2.75, 3.05) is 18.5 Å². The van der Waals surface area contributed by atoms with E-state index in [-0.39, 0.29) is 11.6 Å². The number of para-hydroxylation sites is 1. The third-order valence-electron chi connectivity index (χ3n) is 6.61. The molecule has 8 heteroatoms. The molecule has 3 aromatic carbocycles. The van der Waals surface area contributed by atoms with Gasteiger partial charge in [-0.1, -0.05) is 44.9 Å². The fourth-order valence-electron chi connectivity index (χ4n) is 4.72. The Morgan fingerprint density at radius 2 is 1.79 bits per heavy atom. The zero-order valence-corrected chi connectivity index (χ0v) is 22.7. The molecular formula is C31H35FN4O3. The molecule has 4 rings (SSSR count). The third kappa shape index (κ3) is 6.45. The number of benzene rings is 3. The Balaban J connectivity index is 1.84. The van der Waals surface area contributed by atoms with E-state index in [1.165, 1.54) is 12.1 Å². The van der Waals surface area contributed by atoms with Crippen LogP contribution in [0.2, 0.25) is 0 Å². The smallest absolute Gasteiger partial charge is 0.322 e. The Kier molecular flexibility index (Phi) is 9.31. The molecule has 0 fully saturated rings. The van der Waals surface area contributed by atoms with Crippen molar-refractivity contribution in [3.63, 3.8) is 0 Å². The van der Waals surface area contributed by atoms with Gasteiger partial charge in [0.1, 0.15) is 17.4 Å². The Hall–Kier alpha value is -4.20. The van der Waals surface area contributed by atoms with E-state index in [4.69, 9.17) is 9.72 Å². The molecule has 39 heavy (non-hydrogen) atoms. The van der Waals surface area contributed by atoms with Gasteiger partial charge in [0.05, 0.1) is 29.2 Å². The molecule has 0 aliphatic carbocycles. The second-order valence-electron chi connectivity index (χ2n) is 9.32. The fourth-order valence-corrected chi connectivity index (χ4v) is 4.72. The normalized spacial score (nSPS) is 11.8. The second-order valence-corrected chi connectivity index (χ2v) is 9.32. The zero-order valence-electron chi connectivity index (χ0n) is 22.7. The summed E-state index contributed by atoms with van der Waals surface area (Å²) in [5.41, 5.74) is 1.36. The van der Waals surface area contributed by atoms with Gasteiger partial charge in [-0.2, -0.15) is 0 Å². The van der Waals surface area contributed by atoms with Gasteiger partial charge in [0.15, 0.2) is 0 Å². The average Bonchev–Trinajstić information content (AvgIpc) is 2.93. The highest BCUT2D eigenvalue weighted by atomic mass is 19.1. The molecule has 1 unspecified atom stereocenters. The Bertz CT molecular complexity index is 1470. The summed E-state index contributed by atoms with van der Waals surface area (Å²) >= 11 is 0. The van der Waals surface area contributed by atoms with Crippen molar-refractivity contribution in [2.45, 2.75) is 52.5 Å². The molecule has 1 atom stereocenters. The predicted octanol–water partition coefficient (Wildman–Crippen LogP) is 7.10. The van der Waals surface area contributed by atoms with Gasteiger partial charge in [0.25, 0.3) is 5.56 Å². The molecule has 0 spiro atoms. The second kappa shape index (κ2) is 13.0. The number of fused-ring (bicyclic) bond motifs is 1. The van der Waals surface area contributed by atoms with Crippen LogP contribution in [-0.2, 0) is 0 Å². The number of urea groups is 1. The van der Waals surface area contributed by atoms with Crippen molar-refractivity contribution < 1.29 is 13.9 Å². The quantitative estimate of drug-likeness (QED) is 0.210. The van der Waals surface area contributed by atoms with Crippen molar-refractivity contribution in [1.82, 2.24) is 14.5 Å². The van der Waals surface area contributed by atoms with Gasteiger partial charge in [0.2, 0.25) is 0 Å². The maximum Gasteiger partial charge on any atom is 0.322 e. The number of anilines is 1. The number of rotatable bonds is 11. The predicted molar refractivity (Wildman–Crippen MR) is 153 cm³/mol. The first kappa shape index (κ1) is 27.8. The first-order valence-corrected chi connectivity index (χ1v) is 13.5. The lowest BCUT2D eigenvalue weighted by atomic mass is 10.1. The molecular weight excluding hydrogens is 495 g/mol. The highest BCUT2D eigenvalue weighted by Gasteiger charge is 2.29. The zero-order chi connectivity index (χ0) is 27.8. The SMILES string of the molecule is CCCCCN(C(=O)Nc1cccc(F)c1)C(CC)c1nc2ccccc2c(=O)n1-c1ccc(OCC)cc1. The average molecular weight is 531 g/mol. The molecule has 0 saturated heterocycles. The molecule has 1 aromatic heterocycles. The van der Waals surface area contributed by atoms with Gasteiger partial charge < -0.3 is 15.0 Å². The Labute approximate surface area is 228 Å². The van der Waals surface area contributed by atoms with Crippen LogP contribution in [0.5, 0.6) is 5.75 Å². The first-order valence-electron chi connectivity index (χ1n) is 13.5. The lowest BCUT2D eigenvalue weighted by molar-refractivity contribution is 0.179. The van der Waals surface area contributed by atoms with E-state index in [0.29, 0.717) is 53.4 Å². The van der Waals surface area contributed by atoms with Crippen LogP contribution in [0.1, 0.15) is 58.3 Å². The number of carbonyl (C=O) groups excluding carboxylic acids is 1. The van der Waals surface area contributed by atoms with Crippen LogP contribution in [0, 0.1) is 5.82 Å². The molecule has 2 amide bonds. The number of unbranched alkanes of at least 4 members (excludes halogenated alkanes) is 2. The molecule has 204 valence electrons. The molecule has 0 aliphatic heterocycles. The Morgan fingerprint density at radius 1 is 1.03 bits per heavy atom. The van der Waals surface area contributed by atoms with E-state index in [1.54, 1.807) is 27.7 Å². The Morgan fingerprint density at radius 3 is 2.49 bits per heavy atom. The number of amides is 2. The topological polar surface area (TPSA) is 76.5 Å². The third-order valence-corrected chi connectivity index (χ3v) is 6.61. The summed E-state index contributed by atoms with van der Waals surface area (Å²) in [4.78, 5) is 34.2. The fraction of sp³-hybridized carbons (Fsp3) is 0.323. The van der Waals surface area contributed by atoms with Gasteiger partial charge in [0, 0.05) is 12.2 Å². The van der Waals surface area contributed by atoms with Gasteiger partial charge >= 0.3 is 6.03 Å². The number of hydrogen-bond acceptors (Lipinski definition) is 4. The number of aromatic nitrogens is 2. The molecule has 1 N–H and O–H groups in total. The maximum atomic E-state index is 13.9. The number of nitrogens with zero attached hydrogens (tertiary/aromatic N) is 3. The molecule has 1 heterocycles. The van der Waals surface area contributed by atoms with Gasteiger partial charge in [-0.05, 0) is 74.4 Å².